The molecule has 0 fully saturated rings. The molecule has 2 amide bonds. The van der Waals surface area contributed by atoms with E-state index in [1.165, 1.54) is 0 Å². The summed E-state index contributed by atoms with van der Waals surface area (Å²) in [6.07, 6.45) is 0.767. The summed E-state index contributed by atoms with van der Waals surface area (Å²) in [6, 6.07) is -0.619. The van der Waals surface area contributed by atoms with Crippen LogP contribution < -0.4 is 16.4 Å². The molecule has 0 aromatic rings. The summed E-state index contributed by atoms with van der Waals surface area (Å²) < 4.78 is 4.75. The molecule has 0 aromatic carbocycles. The number of carbonyl (C=O) groups excluding carboxylic acids is 3. The van der Waals surface area contributed by atoms with E-state index in [1.54, 1.807) is 6.92 Å². The predicted octanol–water partition coefficient (Wildman–Crippen LogP) is -0.455. The number of nitrogens with two attached hydrogens (primary N) is 1. The van der Waals surface area contributed by atoms with Crippen LogP contribution in [0.1, 0.15) is 33.6 Å². The first kappa shape index (κ1) is 18.4. The second-order valence-electron chi connectivity index (χ2n) is 4.75. The number of esters is 1. The monoisotopic (exact) mass is 287 g/mol. The van der Waals surface area contributed by atoms with Crippen LogP contribution in [-0.4, -0.2) is 43.5 Å². The second-order valence-corrected chi connectivity index (χ2v) is 4.75. The summed E-state index contributed by atoms with van der Waals surface area (Å²) >= 11 is 0. The Morgan fingerprint density at radius 2 is 1.85 bits per heavy atom. The van der Waals surface area contributed by atoms with Gasteiger partial charge in [-0.05, 0) is 19.3 Å². The maximum absolute atomic E-state index is 11.5. The maximum atomic E-state index is 11.5. The third-order valence-electron chi connectivity index (χ3n) is 2.63. The SMILES string of the molecule is CCOC(=O)CCCNC(=O)CNC(=O)[C@@H](N)C(C)C. The summed E-state index contributed by atoms with van der Waals surface area (Å²) in [4.78, 5) is 34.0. The van der Waals surface area contributed by atoms with Gasteiger partial charge in [-0.15, -0.1) is 0 Å². The van der Waals surface area contributed by atoms with Crippen molar-refractivity contribution in [3.8, 4) is 0 Å². The van der Waals surface area contributed by atoms with Gasteiger partial charge < -0.3 is 21.1 Å². The predicted molar refractivity (Wildman–Crippen MR) is 74.7 cm³/mol. The highest BCUT2D eigenvalue weighted by Gasteiger charge is 2.17. The number of rotatable bonds is 9. The third-order valence-corrected chi connectivity index (χ3v) is 2.63. The molecular weight excluding hydrogens is 262 g/mol. The van der Waals surface area contributed by atoms with Crippen LogP contribution in [0.4, 0.5) is 0 Å². The lowest BCUT2D eigenvalue weighted by molar-refractivity contribution is -0.143. The van der Waals surface area contributed by atoms with E-state index in [1.807, 2.05) is 13.8 Å². The Labute approximate surface area is 119 Å². The van der Waals surface area contributed by atoms with Gasteiger partial charge in [0, 0.05) is 13.0 Å². The van der Waals surface area contributed by atoms with E-state index in [4.69, 9.17) is 10.5 Å². The number of nitrogens with one attached hydrogen (secondary N) is 2. The standard InChI is InChI=1S/C13H25N3O4/c1-4-20-11(18)6-5-7-15-10(17)8-16-13(19)12(14)9(2)3/h9,12H,4-8,14H2,1-3H3,(H,15,17)(H,16,19)/t12-/m0/s1. The van der Waals surface area contributed by atoms with Crippen molar-refractivity contribution in [3.05, 3.63) is 0 Å². The van der Waals surface area contributed by atoms with Gasteiger partial charge in [-0.3, -0.25) is 14.4 Å². The van der Waals surface area contributed by atoms with Crippen molar-refractivity contribution >= 4 is 17.8 Å². The van der Waals surface area contributed by atoms with Gasteiger partial charge in [0.05, 0.1) is 19.2 Å². The summed E-state index contributed by atoms with van der Waals surface area (Å²) in [5, 5.41) is 5.07. The highest BCUT2D eigenvalue weighted by atomic mass is 16.5. The fraction of sp³-hybridized carbons (Fsp3) is 0.769. The molecule has 0 aliphatic rings. The van der Waals surface area contributed by atoms with Gasteiger partial charge >= 0.3 is 5.97 Å². The molecule has 0 bridgehead atoms. The van der Waals surface area contributed by atoms with E-state index in [2.05, 4.69) is 10.6 Å². The minimum absolute atomic E-state index is 0.0163. The molecule has 7 nitrogen and oxygen atoms in total. The van der Waals surface area contributed by atoms with Crippen LogP contribution in [0, 0.1) is 5.92 Å². The van der Waals surface area contributed by atoms with E-state index in [0.29, 0.717) is 19.6 Å². The number of carbonyl (C=O) groups is 3. The van der Waals surface area contributed by atoms with Gasteiger partial charge in [-0.2, -0.15) is 0 Å². The lowest BCUT2D eigenvalue weighted by atomic mass is 10.1. The molecule has 0 aliphatic heterocycles. The number of hydrogen-bond donors (Lipinski definition) is 3. The van der Waals surface area contributed by atoms with Crippen LogP contribution in [0.25, 0.3) is 0 Å². The number of amides is 2. The van der Waals surface area contributed by atoms with Crippen molar-refractivity contribution in [2.24, 2.45) is 11.7 Å². The van der Waals surface area contributed by atoms with Gasteiger partial charge in [0.15, 0.2) is 0 Å². The molecule has 0 spiro atoms. The average Bonchev–Trinajstić information content (AvgIpc) is 2.40. The molecule has 0 saturated carbocycles. The van der Waals surface area contributed by atoms with Gasteiger partial charge in [0.1, 0.15) is 0 Å². The zero-order chi connectivity index (χ0) is 15.5. The first-order valence-electron chi connectivity index (χ1n) is 6.84. The van der Waals surface area contributed by atoms with Gasteiger partial charge in [-0.25, -0.2) is 0 Å². The number of hydrogen-bond acceptors (Lipinski definition) is 5. The van der Waals surface area contributed by atoms with Crippen molar-refractivity contribution in [1.29, 1.82) is 0 Å². The van der Waals surface area contributed by atoms with E-state index in [0.717, 1.165) is 0 Å². The Morgan fingerprint density at radius 1 is 1.20 bits per heavy atom. The van der Waals surface area contributed by atoms with Gasteiger partial charge in [-0.1, -0.05) is 13.8 Å². The Bertz CT molecular complexity index is 332. The lowest BCUT2D eigenvalue weighted by Crippen LogP contribution is -2.47. The van der Waals surface area contributed by atoms with Crippen molar-refractivity contribution in [2.45, 2.75) is 39.7 Å². The first-order valence-corrected chi connectivity index (χ1v) is 6.84. The zero-order valence-electron chi connectivity index (χ0n) is 12.4. The van der Waals surface area contributed by atoms with E-state index < -0.39 is 6.04 Å². The third kappa shape index (κ3) is 8.47. The normalized spacial score (nSPS) is 11.8. The second kappa shape index (κ2) is 10.2. The Balaban J connectivity index is 3.69. The summed E-state index contributed by atoms with van der Waals surface area (Å²) in [5.41, 5.74) is 5.63. The Kier molecular flexibility index (Phi) is 9.36. The van der Waals surface area contributed by atoms with Crippen molar-refractivity contribution in [1.82, 2.24) is 10.6 Å². The van der Waals surface area contributed by atoms with E-state index in [9.17, 15) is 14.4 Å². The largest absolute Gasteiger partial charge is 0.466 e. The molecule has 0 aliphatic carbocycles. The van der Waals surface area contributed by atoms with E-state index >= 15 is 0 Å². The molecule has 7 heteroatoms. The molecule has 1 atom stereocenters. The fourth-order valence-corrected chi connectivity index (χ4v) is 1.34. The molecule has 0 radical (unpaired) electrons. The topological polar surface area (TPSA) is 111 Å². The smallest absolute Gasteiger partial charge is 0.305 e. The van der Waals surface area contributed by atoms with Crippen LogP contribution in [0.5, 0.6) is 0 Å². The molecule has 0 rings (SSSR count). The molecule has 0 aromatic heterocycles. The molecule has 0 heterocycles. The molecule has 0 unspecified atom stereocenters. The zero-order valence-corrected chi connectivity index (χ0v) is 12.4. The molecule has 20 heavy (non-hydrogen) atoms. The van der Waals surface area contributed by atoms with Crippen molar-refractivity contribution in [2.75, 3.05) is 19.7 Å². The molecule has 116 valence electrons. The molecule has 4 N–H and O–H groups in total. The highest BCUT2D eigenvalue weighted by molar-refractivity contribution is 5.87. The van der Waals surface area contributed by atoms with Crippen LogP contribution in [0.2, 0.25) is 0 Å². The van der Waals surface area contributed by atoms with Crippen LogP contribution in [0.15, 0.2) is 0 Å². The van der Waals surface area contributed by atoms with Gasteiger partial charge in [0.2, 0.25) is 11.8 Å². The van der Waals surface area contributed by atoms with Crippen molar-refractivity contribution in [3.63, 3.8) is 0 Å². The minimum Gasteiger partial charge on any atom is -0.466 e. The van der Waals surface area contributed by atoms with Gasteiger partial charge in [0.25, 0.3) is 0 Å². The lowest BCUT2D eigenvalue weighted by Gasteiger charge is -2.15. The van der Waals surface area contributed by atoms with Crippen LogP contribution in [0.3, 0.4) is 0 Å². The summed E-state index contributed by atoms with van der Waals surface area (Å²) in [5.74, 6) is -0.916. The summed E-state index contributed by atoms with van der Waals surface area (Å²) in [7, 11) is 0. The molecule has 0 saturated heterocycles. The highest BCUT2D eigenvalue weighted by Crippen LogP contribution is 1.97. The van der Waals surface area contributed by atoms with Crippen molar-refractivity contribution < 1.29 is 19.1 Å². The number of ether oxygens (including phenoxy) is 1. The van der Waals surface area contributed by atoms with Crippen LogP contribution >= 0.6 is 0 Å². The Morgan fingerprint density at radius 3 is 2.40 bits per heavy atom. The van der Waals surface area contributed by atoms with E-state index in [-0.39, 0.29) is 36.7 Å². The Hall–Kier alpha value is -1.63. The summed E-state index contributed by atoms with van der Waals surface area (Å²) in [6.45, 7) is 6.01. The molecular formula is C13H25N3O4. The first-order chi connectivity index (χ1) is 9.38. The minimum atomic E-state index is -0.619. The van der Waals surface area contributed by atoms with Crippen LogP contribution in [-0.2, 0) is 19.1 Å². The average molecular weight is 287 g/mol. The maximum Gasteiger partial charge on any atom is 0.305 e. The quantitative estimate of drug-likeness (QED) is 0.393. The fourth-order valence-electron chi connectivity index (χ4n) is 1.34.